The van der Waals surface area contributed by atoms with E-state index in [4.69, 9.17) is 6.42 Å². The Morgan fingerprint density at radius 3 is 2.94 bits per heavy atom. The highest BCUT2D eigenvalue weighted by atomic mass is 79.9. The van der Waals surface area contributed by atoms with Gasteiger partial charge in [-0.25, -0.2) is 0 Å². The van der Waals surface area contributed by atoms with Crippen molar-refractivity contribution in [2.45, 2.75) is 13.0 Å². The number of rotatable bonds is 6. The van der Waals surface area contributed by atoms with E-state index in [0.29, 0.717) is 6.04 Å². The number of thioether (sulfide) groups is 1. The Hall–Kier alpha value is -0.430. The molecule has 1 aromatic rings. The van der Waals surface area contributed by atoms with Crippen LogP contribution in [0.3, 0.4) is 0 Å². The Labute approximate surface area is 111 Å². The van der Waals surface area contributed by atoms with Gasteiger partial charge < -0.3 is 5.32 Å². The van der Waals surface area contributed by atoms with Gasteiger partial charge in [0.25, 0.3) is 0 Å². The lowest BCUT2D eigenvalue weighted by molar-refractivity contribution is 0.599. The highest BCUT2D eigenvalue weighted by Gasteiger charge is 2.06. The van der Waals surface area contributed by atoms with E-state index < -0.39 is 0 Å². The summed E-state index contributed by atoms with van der Waals surface area (Å²) in [5, 5.41) is 3.48. The molecule has 1 atom stereocenters. The summed E-state index contributed by atoms with van der Waals surface area (Å²) in [4.78, 5) is 0. The molecule has 0 aliphatic carbocycles. The minimum absolute atomic E-state index is 0.363. The van der Waals surface area contributed by atoms with Gasteiger partial charge in [0.15, 0.2) is 0 Å². The zero-order chi connectivity index (χ0) is 11.8. The summed E-state index contributed by atoms with van der Waals surface area (Å²) in [5.41, 5.74) is 1.30. The molecule has 0 aliphatic heterocycles. The second kappa shape index (κ2) is 7.78. The first kappa shape index (κ1) is 13.6. The van der Waals surface area contributed by atoms with E-state index >= 15 is 0 Å². The Bertz CT molecular complexity index is 359. The third kappa shape index (κ3) is 4.61. The summed E-state index contributed by atoms with van der Waals surface area (Å²) in [6.07, 6.45) is 5.18. The molecular formula is C13H16BrNS. The summed E-state index contributed by atoms with van der Waals surface area (Å²) in [6, 6.07) is 8.66. The molecule has 0 saturated carbocycles. The lowest BCUT2D eigenvalue weighted by Crippen LogP contribution is -2.21. The molecule has 16 heavy (non-hydrogen) atoms. The predicted molar refractivity (Wildman–Crippen MR) is 76.7 cm³/mol. The Morgan fingerprint density at radius 1 is 1.50 bits per heavy atom. The van der Waals surface area contributed by atoms with Crippen LogP contribution in [-0.4, -0.2) is 18.1 Å². The monoisotopic (exact) mass is 297 g/mol. The Kier molecular flexibility index (Phi) is 6.63. The molecular weight excluding hydrogens is 282 g/mol. The van der Waals surface area contributed by atoms with E-state index in [-0.39, 0.29) is 0 Å². The van der Waals surface area contributed by atoms with Crippen molar-refractivity contribution in [2.75, 3.05) is 18.1 Å². The van der Waals surface area contributed by atoms with Crippen LogP contribution in [0.4, 0.5) is 0 Å². The highest BCUT2D eigenvalue weighted by molar-refractivity contribution is 9.10. The molecule has 0 heterocycles. The summed E-state index contributed by atoms with van der Waals surface area (Å²) in [7, 11) is 0. The highest BCUT2D eigenvalue weighted by Crippen LogP contribution is 2.22. The molecule has 1 aromatic carbocycles. The molecule has 3 heteroatoms. The smallest absolute Gasteiger partial charge is 0.0545 e. The standard InChI is InChI=1S/C13H16BrNS/c1-3-9-16-10-8-15-11(2)12-6-4-5-7-13(12)14/h1,4-7,11,15H,8-10H2,2H3. The van der Waals surface area contributed by atoms with Crippen LogP contribution in [0, 0.1) is 12.3 Å². The van der Waals surface area contributed by atoms with Crippen LogP contribution >= 0.6 is 27.7 Å². The molecule has 0 aliphatic rings. The molecule has 1 unspecified atom stereocenters. The van der Waals surface area contributed by atoms with Gasteiger partial charge in [-0.3, -0.25) is 0 Å². The van der Waals surface area contributed by atoms with Crippen LogP contribution in [-0.2, 0) is 0 Å². The molecule has 1 N–H and O–H groups in total. The first-order valence-electron chi connectivity index (χ1n) is 5.24. The third-order valence-electron chi connectivity index (χ3n) is 2.25. The molecule has 1 rings (SSSR count). The molecule has 1 nitrogen and oxygen atoms in total. The molecule has 0 bridgehead atoms. The number of hydrogen-bond donors (Lipinski definition) is 1. The van der Waals surface area contributed by atoms with Crippen LogP contribution < -0.4 is 5.32 Å². The maximum Gasteiger partial charge on any atom is 0.0545 e. The van der Waals surface area contributed by atoms with Crippen molar-refractivity contribution in [3.05, 3.63) is 34.3 Å². The SMILES string of the molecule is C#CCSCCNC(C)c1ccccc1Br. The van der Waals surface area contributed by atoms with E-state index in [2.05, 4.69) is 52.3 Å². The van der Waals surface area contributed by atoms with E-state index in [1.165, 1.54) is 5.56 Å². The van der Waals surface area contributed by atoms with Gasteiger partial charge >= 0.3 is 0 Å². The first-order valence-corrected chi connectivity index (χ1v) is 7.19. The van der Waals surface area contributed by atoms with Gasteiger partial charge in [-0.1, -0.05) is 40.0 Å². The van der Waals surface area contributed by atoms with Crippen molar-refractivity contribution >= 4 is 27.7 Å². The largest absolute Gasteiger partial charge is 0.309 e. The quantitative estimate of drug-likeness (QED) is 0.637. The van der Waals surface area contributed by atoms with Crippen molar-refractivity contribution in [2.24, 2.45) is 0 Å². The predicted octanol–water partition coefficient (Wildman–Crippen LogP) is 3.47. The van der Waals surface area contributed by atoms with Crippen LogP contribution in [0.5, 0.6) is 0 Å². The zero-order valence-corrected chi connectivity index (χ0v) is 11.8. The van der Waals surface area contributed by atoms with Crippen LogP contribution in [0.25, 0.3) is 0 Å². The second-order valence-electron chi connectivity index (χ2n) is 3.45. The van der Waals surface area contributed by atoms with Crippen LogP contribution in [0.1, 0.15) is 18.5 Å². The number of hydrogen-bond acceptors (Lipinski definition) is 2. The maximum absolute atomic E-state index is 5.18. The zero-order valence-electron chi connectivity index (χ0n) is 9.37. The third-order valence-corrected chi connectivity index (χ3v) is 3.84. The topological polar surface area (TPSA) is 12.0 Å². The van der Waals surface area contributed by atoms with Crippen LogP contribution in [0.15, 0.2) is 28.7 Å². The van der Waals surface area contributed by atoms with Crippen molar-refractivity contribution in [1.29, 1.82) is 0 Å². The Balaban J connectivity index is 2.33. The molecule has 0 aromatic heterocycles. The second-order valence-corrected chi connectivity index (χ2v) is 5.41. The van der Waals surface area contributed by atoms with Crippen molar-refractivity contribution in [3.8, 4) is 12.3 Å². The van der Waals surface area contributed by atoms with Gasteiger partial charge in [-0.15, -0.1) is 18.2 Å². The Morgan fingerprint density at radius 2 is 2.25 bits per heavy atom. The normalized spacial score (nSPS) is 12.1. The molecule has 0 fully saturated rings. The number of nitrogens with one attached hydrogen (secondary N) is 1. The van der Waals surface area contributed by atoms with Gasteiger partial charge in [0.05, 0.1) is 5.75 Å². The van der Waals surface area contributed by atoms with Crippen molar-refractivity contribution < 1.29 is 0 Å². The van der Waals surface area contributed by atoms with E-state index in [1.54, 1.807) is 11.8 Å². The molecule has 0 amide bonds. The fourth-order valence-electron chi connectivity index (χ4n) is 1.41. The summed E-state index contributed by atoms with van der Waals surface area (Å²) >= 11 is 5.34. The number of benzene rings is 1. The van der Waals surface area contributed by atoms with Gasteiger partial charge in [0.2, 0.25) is 0 Å². The first-order chi connectivity index (χ1) is 7.75. The number of halogens is 1. The lowest BCUT2D eigenvalue weighted by atomic mass is 10.1. The molecule has 0 spiro atoms. The average molecular weight is 298 g/mol. The lowest BCUT2D eigenvalue weighted by Gasteiger charge is -2.15. The molecule has 0 saturated heterocycles. The van der Waals surface area contributed by atoms with Gasteiger partial charge in [-0.2, -0.15) is 0 Å². The van der Waals surface area contributed by atoms with E-state index in [0.717, 1.165) is 22.5 Å². The molecule has 86 valence electrons. The van der Waals surface area contributed by atoms with Gasteiger partial charge in [0, 0.05) is 22.8 Å². The number of terminal acetylenes is 1. The van der Waals surface area contributed by atoms with Gasteiger partial charge in [0.1, 0.15) is 0 Å². The van der Waals surface area contributed by atoms with E-state index in [1.807, 2.05) is 6.07 Å². The van der Waals surface area contributed by atoms with Crippen molar-refractivity contribution in [1.82, 2.24) is 5.32 Å². The molecule has 0 radical (unpaired) electrons. The minimum Gasteiger partial charge on any atom is -0.309 e. The summed E-state index contributed by atoms with van der Waals surface area (Å²) in [5.74, 6) is 4.48. The minimum atomic E-state index is 0.363. The van der Waals surface area contributed by atoms with E-state index in [9.17, 15) is 0 Å². The average Bonchev–Trinajstić information content (AvgIpc) is 2.29. The van der Waals surface area contributed by atoms with Crippen molar-refractivity contribution in [3.63, 3.8) is 0 Å². The maximum atomic E-state index is 5.18. The van der Waals surface area contributed by atoms with Gasteiger partial charge in [-0.05, 0) is 18.6 Å². The summed E-state index contributed by atoms with van der Waals surface area (Å²) in [6.45, 7) is 3.15. The summed E-state index contributed by atoms with van der Waals surface area (Å²) < 4.78 is 1.16. The fraction of sp³-hybridized carbons (Fsp3) is 0.385. The fourth-order valence-corrected chi connectivity index (χ4v) is 2.57. The van der Waals surface area contributed by atoms with Crippen LogP contribution in [0.2, 0.25) is 0 Å².